The minimum Gasteiger partial charge on any atom is -0.497 e. The molecule has 0 radical (unpaired) electrons. The molecule has 9 heteroatoms. The quantitative estimate of drug-likeness (QED) is 0.445. The lowest BCUT2D eigenvalue weighted by molar-refractivity contribution is -0.113. The Morgan fingerprint density at radius 2 is 2.00 bits per heavy atom. The highest BCUT2D eigenvalue weighted by Crippen LogP contribution is 2.27. The average molecular weight is 461 g/mol. The molecule has 0 spiro atoms. The van der Waals surface area contributed by atoms with Crippen molar-refractivity contribution in [2.45, 2.75) is 38.6 Å². The van der Waals surface area contributed by atoms with Crippen molar-refractivity contribution in [2.75, 3.05) is 18.2 Å². The van der Waals surface area contributed by atoms with Gasteiger partial charge in [-0.15, -0.1) is 10.2 Å². The first-order valence-electron chi connectivity index (χ1n) is 9.83. The lowest BCUT2D eigenvalue weighted by Crippen LogP contribution is -2.15. The molecule has 1 unspecified atom stereocenters. The van der Waals surface area contributed by atoms with E-state index in [1.165, 1.54) is 11.8 Å². The van der Waals surface area contributed by atoms with Crippen molar-refractivity contribution in [3.8, 4) is 11.5 Å². The van der Waals surface area contributed by atoms with Crippen LogP contribution in [0.5, 0.6) is 11.5 Å². The second kappa shape index (κ2) is 10.5. The molecule has 0 saturated carbocycles. The zero-order chi connectivity index (χ0) is 22.4. The highest BCUT2D eigenvalue weighted by atomic mass is 35.5. The number of rotatable bonds is 9. The van der Waals surface area contributed by atoms with Crippen molar-refractivity contribution in [2.24, 2.45) is 0 Å². The van der Waals surface area contributed by atoms with Crippen LogP contribution in [0.4, 0.5) is 5.69 Å². The maximum absolute atomic E-state index is 12.4. The number of aryl methyl sites for hydroxylation is 1. The number of halogens is 1. The monoisotopic (exact) mass is 460 g/mol. The molecule has 164 valence electrons. The fourth-order valence-electron chi connectivity index (χ4n) is 2.93. The Kier molecular flexibility index (Phi) is 7.81. The molecule has 0 aliphatic rings. The summed E-state index contributed by atoms with van der Waals surface area (Å²) in [5, 5.41) is 12.7. The molecule has 31 heavy (non-hydrogen) atoms. The molecule has 1 aromatic heterocycles. The number of nitrogens with zero attached hydrogens (tertiary/aromatic N) is 3. The van der Waals surface area contributed by atoms with E-state index in [-0.39, 0.29) is 17.8 Å². The van der Waals surface area contributed by atoms with Crippen LogP contribution in [-0.4, -0.2) is 33.5 Å². The van der Waals surface area contributed by atoms with Crippen molar-refractivity contribution in [3.05, 3.63) is 58.9 Å². The second-order valence-electron chi connectivity index (χ2n) is 6.82. The van der Waals surface area contributed by atoms with Crippen LogP contribution >= 0.6 is 23.4 Å². The number of ether oxygens (including phenoxy) is 2. The number of carbonyl (C=O) groups excluding carboxylic acids is 1. The van der Waals surface area contributed by atoms with Gasteiger partial charge in [0.25, 0.3) is 0 Å². The number of carbonyl (C=O) groups is 1. The maximum atomic E-state index is 12.4. The number of anilines is 1. The zero-order valence-electron chi connectivity index (χ0n) is 17.9. The Hall–Kier alpha value is -2.71. The Morgan fingerprint density at radius 3 is 2.71 bits per heavy atom. The summed E-state index contributed by atoms with van der Waals surface area (Å²) in [5.74, 6) is 2.16. The average Bonchev–Trinajstić information content (AvgIpc) is 3.18. The molecule has 3 aromatic rings. The Morgan fingerprint density at radius 1 is 1.23 bits per heavy atom. The summed E-state index contributed by atoms with van der Waals surface area (Å²) in [5.41, 5.74) is 1.63. The Bertz CT molecular complexity index is 1060. The summed E-state index contributed by atoms with van der Waals surface area (Å²) in [7, 11) is 1.61. The van der Waals surface area contributed by atoms with Gasteiger partial charge >= 0.3 is 0 Å². The summed E-state index contributed by atoms with van der Waals surface area (Å²) in [6, 6.07) is 12.8. The van der Waals surface area contributed by atoms with Gasteiger partial charge in [-0.05, 0) is 50.6 Å². The normalized spacial score (nSPS) is 11.8. The molecule has 0 bridgehead atoms. The Labute approximate surface area is 191 Å². The topological polar surface area (TPSA) is 78.3 Å². The first-order chi connectivity index (χ1) is 14.9. The predicted molar refractivity (Wildman–Crippen MR) is 123 cm³/mol. The molecule has 7 nitrogen and oxygen atoms in total. The zero-order valence-corrected chi connectivity index (χ0v) is 19.5. The molecule has 3 rings (SSSR count). The first kappa shape index (κ1) is 23.0. The number of nitrogens with one attached hydrogen (secondary N) is 1. The summed E-state index contributed by atoms with van der Waals surface area (Å²) in [6.45, 7) is 6.49. The van der Waals surface area contributed by atoms with Gasteiger partial charge in [0.1, 0.15) is 11.5 Å². The van der Waals surface area contributed by atoms with Crippen molar-refractivity contribution in [1.82, 2.24) is 14.8 Å². The van der Waals surface area contributed by atoms with Crippen LogP contribution in [-0.2, 0) is 11.3 Å². The minimum absolute atomic E-state index is 0.141. The first-order valence-corrected chi connectivity index (χ1v) is 11.2. The van der Waals surface area contributed by atoms with E-state index in [4.69, 9.17) is 21.1 Å². The van der Waals surface area contributed by atoms with Crippen molar-refractivity contribution < 1.29 is 14.3 Å². The third kappa shape index (κ3) is 5.92. The van der Waals surface area contributed by atoms with E-state index in [1.54, 1.807) is 13.2 Å². The standard InChI is InChI=1S/C22H25ClN4O3S/c1-5-27-21(15(3)30-18-8-6-7-17(12-18)29-4)25-26-22(27)31-13-20(28)24-16-10-9-14(2)19(23)11-16/h6-12,15H,5,13H2,1-4H3,(H,24,28). The number of methoxy groups -OCH3 is 1. The lowest BCUT2D eigenvalue weighted by Gasteiger charge is -2.16. The van der Waals surface area contributed by atoms with Gasteiger partial charge in [0.2, 0.25) is 5.91 Å². The lowest BCUT2D eigenvalue weighted by atomic mass is 10.2. The van der Waals surface area contributed by atoms with E-state index in [0.717, 1.165) is 11.3 Å². The number of thioether (sulfide) groups is 1. The van der Waals surface area contributed by atoms with E-state index in [1.807, 2.05) is 61.7 Å². The number of aromatic nitrogens is 3. The molecule has 1 atom stereocenters. The van der Waals surface area contributed by atoms with E-state index in [0.29, 0.717) is 34.0 Å². The number of hydrogen-bond donors (Lipinski definition) is 1. The minimum atomic E-state index is -0.322. The smallest absolute Gasteiger partial charge is 0.234 e. The van der Waals surface area contributed by atoms with Crippen LogP contribution in [0.1, 0.15) is 31.3 Å². The van der Waals surface area contributed by atoms with E-state index < -0.39 is 0 Å². The predicted octanol–water partition coefficient (Wildman–Crippen LogP) is 5.14. The molecule has 0 saturated heterocycles. The van der Waals surface area contributed by atoms with Gasteiger partial charge in [0.15, 0.2) is 17.1 Å². The maximum Gasteiger partial charge on any atom is 0.234 e. The van der Waals surface area contributed by atoms with E-state index in [2.05, 4.69) is 15.5 Å². The number of benzene rings is 2. The van der Waals surface area contributed by atoms with Crippen molar-refractivity contribution in [1.29, 1.82) is 0 Å². The molecule has 1 N–H and O–H groups in total. The van der Waals surface area contributed by atoms with Crippen LogP contribution < -0.4 is 14.8 Å². The molecular formula is C22H25ClN4O3S. The fraction of sp³-hybridized carbons (Fsp3) is 0.318. The van der Waals surface area contributed by atoms with Crippen LogP contribution in [0.25, 0.3) is 0 Å². The molecule has 0 aliphatic heterocycles. The highest BCUT2D eigenvalue weighted by molar-refractivity contribution is 7.99. The number of hydrogen-bond acceptors (Lipinski definition) is 6. The van der Waals surface area contributed by atoms with Gasteiger partial charge in [-0.25, -0.2) is 0 Å². The van der Waals surface area contributed by atoms with Gasteiger partial charge in [0.05, 0.1) is 12.9 Å². The molecule has 2 aromatic carbocycles. The largest absolute Gasteiger partial charge is 0.497 e. The van der Waals surface area contributed by atoms with Crippen LogP contribution in [0.15, 0.2) is 47.6 Å². The van der Waals surface area contributed by atoms with Crippen LogP contribution in [0, 0.1) is 6.92 Å². The SMILES string of the molecule is CCn1c(SCC(=O)Nc2ccc(C)c(Cl)c2)nnc1C(C)Oc1cccc(OC)c1. The van der Waals surface area contributed by atoms with Crippen LogP contribution in [0.3, 0.4) is 0 Å². The molecule has 0 fully saturated rings. The van der Waals surface area contributed by atoms with Crippen molar-refractivity contribution in [3.63, 3.8) is 0 Å². The molecule has 1 heterocycles. The van der Waals surface area contributed by atoms with Gasteiger partial charge in [-0.3, -0.25) is 4.79 Å². The molecule has 1 amide bonds. The van der Waals surface area contributed by atoms with Gasteiger partial charge in [-0.2, -0.15) is 0 Å². The summed E-state index contributed by atoms with van der Waals surface area (Å²) < 4.78 is 13.2. The second-order valence-corrected chi connectivity index (χ2v) is 8.17. The van der Waals surface area contributed by atoms with Crippen LogP contribution in [0.2, 0.25) is 5.02 Å². The van der Waals surface area contributed by atoms with E-state index in [9.17, 15) is 4.79 Å². The third-order valence-electron chi connectivity index (χ3n) is 4.57. The summed E-state index contributed by atoms with van der Waals surface area (Å²) in [6.07, 6.45) is -0.322. The van der Waals surface area contributed by atoms with Gasteiger partial charge in [0, 0.05) is 23.3 Å². The Balaban J connectivity index is 1.63. The highest BCUT2D eigenvalue weighted by Gasteiger charge is 2.19. The molecular weight excluding hydrogens is 436 g/mol. The van der Waals surface area contributed by atoms with Gasteiger partial charge < -0.3 is 19.4 Å². The number of amides is 1. The van der Waals surface area contributed by atoms with E-state index >= 15 is 0 Å². The third-order valence-corrected chi connectivity index (χ3v) is 5.94. The summed E-state index contributed by atoms with van der Waals surface area (Å²) >= 11 is 7.45. The fourth-order valence-corrected chi connectivity index (χ4v) is 3.92. The van der Waals surface area contributed by atoms with Gasteiger partial charge in [-0.1, -0.05) is 35.5 Å². The molecule has 0 aliphatic carbocycles. The van der Waals surface area contributed by atoms with Crippen molar-refractivity contribution >= 4 is 35.0 Å². The summed E-state index contributed by atoms with van der Waals surface area (Å²) in [4.78, 5) is 12.4.